The molecule has 0 fully saturated rings. The number of ether oxygens (including phenoxy) is 1. The largest absolute Gasteiger partial charge is 0.445 e. The monoisotopic (exact) mass is 882 g/mol. The summed E-state index contributed by atoms with van der Waals surface area (Å²) >= 11 is 0. The van der Waals surface area contributed by atoms with E-state index in [2.05, 4.69) is 26.6 Å². The van der Waals surface area contributed by atoms with Crippen molar-refractivity contribution in [2.45, 2.75) is 112 Å². The van der Waals surface area contributed by atoms with Gasteiger partial charge in [0.1, 0.15) is 24.7 Å². The molecule has 2 aromatic carbocycles. The molecule has 1 unspecified atom stereocenters. The number of unbranched alkanes of at least 4 members (excludes halogenated alkanes) is 1. The molecule has 5 atom stereocenters. The van der Waals surface area contributed by atoms with Crippen molar-refractivity contribution in [1.82, 2.24) is 31.5 Å². The van der Waals surface area contributed by atoms with Crippen LogP contribution in [0.2, 0.25) is 0 Å². The first-order valence-electron chi connectivity index (χ1n) is 21.6. The van der Waals surface area contributed by atoms with E-state index in [4.69, 9.17) is 9.26 Å². The summed E-state index contributed by atoms with van der Waals surface area (Å²) in [6.45, 7) is 13.2. The van der Waals surface area contributed by atoms with E-state index in [1.807, 2.05) is 47.6 Å². The number of rotatable bonds is 26. The highest BCUT2D eigenvalue weighted by molar-refractivity contribution is 7.59. The van der Waals surface area contributed by atoms with E-state index >= 15 is 0 Å². The van der Waals surface area contributed by atoms with E-state index < -0.39 is 73.3 Å². The lowest BCUT2D eigenvalue weighted by molar-refractivity contribution is -0.131. The van der Waals surface area contributed by atoms with Gasteiger partial charge >= 0.3 is 6.09 Å². The van der Waals surface area contributed by atoms with Crippen LogP contribution < -0.4 is 26.6 Å². The van der Waals surface area contributed by atoms with E-state index in [-0.39, 0.29) is 62.4 Å². The minimum absolute atomic E-state index is 0.0316. The topological polar surface area (TPSA) is 218 Å². The number of likely N-dealkylation sites (N-methyl/N-ethyl adjacent to an activating group) is 1. The van der Waals surface area contributed by atoms with E-state index in [0.29, 0.717) is 36.8 Å². The average molecular weight is 883 g/mol. The average Bonchev–Trinajstić information content (AvgIpc) is 3.46. The summed E-state index contributed by atoms with van der Waals surface area (Å²) in [5, 5.41) is 13.5. The van der Waals surface area contributed by atoms with Crippen molar-refractivity contribution in [2.24, 2.45) is 23.7 Å². The zero-order chi connectivity index (χ0) is 46.0. The molecule has 342 valence electrons. The maximum atomic E-state index is 14.4. The van der Waals surface area contributed by atoms with Gasteiger partial charge in [-0.3, -0.25) is 38.2 Å². The molecule has 62 heavy (non-hydrogen) atoms. The molecule has 17 heteroatoms. The number of hydrogen-bond donors (Lipinski definition) is 5. The van der Waals surface area contributed by atoms with Gasteiger partial charge < -0.3 is 35.8 Å². The van der Waals surface area contributed by atoms with Crippen LogP contribution in [0.3, 0.4) is 0 Å². The predicted molar refractivity (Wildman–Crippen MR) is 236 cm³/mol. The number of imide groups is 1. The Hall–Kier alpha value is -5.08. The molecular formula is C45H67N6O10P. The molecule has 0 bridgehead atoms. The highest BCUT2D eigenvalue weighted by atomic mass is 31.2. The molecule has 0 radical (unpaired) electrons. The molecule has 1 aliphatic heterocycles. The SMILES string of the molecule is CCOP(=O)(CNC(=O)[C@H](CC(C)C)NC(=O)[C@H](CCCCN1C(=O)c2ccccc2C1=O)NC(=O)OCc1ccccc1)C[C@@H](CC(C)C)C(=O)N[C@@H](CC(C)C)C(=O)NC. The van der Waals surface area contributed by atoms with Crippen molar-refractivity contribution in [3.63, 3.8) is 0 Å². The second-order valence-electron chi connectivity index (χ2n) is 17.0. The molecule has 16 nitrogen and oxygen atoms in total. The number of amides is 7. The van der Waals surface area contributed by atoms with E-state index in [1.54, 1.807) is 55.5 Å². The van der Waals surface area contributed by atoms with Gasteiger partial charge in [0.15, 0.2) is 0 Å². The van der Waals surface area contributed by atoms with Gasteiger partial charge in [-0.15, -0.1) is 0 Å². The van der Waals surface area contributed by atoms with E-state index in [1.165, 1.54) is 7.05 Å². The van der Waals surface area contributed by atoms with Crippen molar-refractivity contribution < 1.29 is 47.4 Å². The maximum Gasteiger partial charge on any atom is 0.408 e. The lowest BCUT2D eigenvalue weighted by Crippen LogP contribution is -2.54. The molecule has 0 saturated heterocycles. The summed E-state index contributed by atoms with van der Waals surface area (Å²) in [6.07, 6.45) is 0.221. The number of nitrogens with one attached hydrogen (secondary N) is 5. The van der Waals surface area contributed by atoms with Gasteiger partial charge in [-0.1, -0.05) is 84.0 Å². The minimum atomic E-state index is -3.71. The molecule has 0 aromatic heterocycles. The molecule has 3 rings (SSSR count). The fourth-order valence-corrected chi connectivity index (χ4v) is 9.45. The second-order valence-corrected chi connectivity index (χ2v) is 19.6. The molecule has 7 amide bonds. The maximum absolute atomic E-state index is 14.4. The number of benzene rings is 2. The molecule has 1 aliphatic rings. The molecular weight excluding hydrogens is 816 g/mol. The zero-order valence-corrected chi connectivity index (χ0v) is 38.4. The Labute approximate surface area is 366 Å². The third-order valence-corrected chi connectivity index (χ3v) is 12.6. The third-order valence-electron chi connectivity index (χ3n) is 10.2. The Morgan fingerprint density at radius 1 is 0.677 bits per heavy atom. The van der Waals surface area contributed by atoms with Crippen molar-refractivity contribution in [1.29, 1.82) is 0 Å². The molecule has 5 N–H and O–H groups in total. The van der Waals surface area contributed by atoms with E-state index in [0.717, 1.165) is 10.5 Å². The summed E-state index contributed by atoms with van der Waals surface area (Å²) in [6, 6.07) is 12.5. The van der Waals surface area contributed by atoms with Crippen LogP contribution in [-0.4, -0.2) is 97.2 Å². The quantitative estimate of drug-likeness (QED) is 0.0447. The predicted octanol–water partition coefficient (Wildman–Crippen LogP) is 5.61. The minimum Gasteiger partial charge on any atom is -0.445 e. The Morgan fingerprint density at radius 2 is 1.23 bits per heavy atom. The second kappa shape index (κ2) is 25.1. The van der Waals surface area contributed by atoms with Crippen molar-refractivity contribution in [3.05, 3.63) is 71.3 Å². The van der Waals surface area contributed by atoms with Crippen LogP contribution in [0.1, 0.15) is 113 Å². The van der Waals surface area contributed by atoms with Crippen molar-refractivity contribution in [3.8, 4) is 0 Å². The molecule has 1 heterocycles. The van der Waals surface area contributed by atoms with Gasteiger partial charge in [-0.2, -0.15) is 0 Å². The van der Waals surface area contributed by atoms with E-state index in [9.17, 15) is 38.1 Å². The van der Waals surface area contributed by atoms with Crippen LogP contribution in [0.5, 0.6) is 0 Å². The van der Waals surface area contributed by atoms with Crippen LogP contribution in [0.15, 0.2) is 54.6 Å². The van der Waals surface area contributed by atoms with Crippen LogP contribution in [0.25, 0.3) is 0 Å². The van der Waals surface area contributed by atoms with Gasteiger partial charge in [0.25, 0.3) is 11.8 Å². The van der Waals surface area contributed by atoms with Gasteiger partial charge in [0.05, 0.1) is 24.0 Å². The summed E-state index contributed by atoms with van der Waals surface area (Å²) < 4.78 is 25.6. The van der Waals surface area contributed by atoms with Gasteiger partial charge in [-0.25, -0.2) is 4.79 Å². The van der Waals surface area contributed by atoms with Gasteiger partial charge in [0, 0.05) is 25.7 Å². The van der Waals surface area contributed by atoms with Crippen LogP contribution in [-0.2, 0) is 39.6 Å². The summed E-state index contributed by atoms with van der Waals surface area (Å²) in [5.74, 6) is -3.59. The fraction of sp³-hybridized carbons (Fsp3) is 0.578. The normalized spacial score (nSPS) is 15.3. The number of fused-ring (bicyclic) bond motifs is 1. The third kappa shape index (κ3) is 16.3. The zero-order valence-electron chi connectivity index (χ0n) is 37.5. The van der Waals surface area contributed by atoms with Crippen LogP contribution in [0, 0.1) is 23.7 Å². The Bertz CT molecular complexity index is 1860. The van der Waals surface area contributed by atoms with Crippen LogP contribution >= 0.6 is 7.37 Å². The first kappa shape index (κ1) is 51.3. The van der Waals surface area contributed by atoms with Gasteiger partial charge in [-0.05, 0) is 80.9 Å². The first-order chi connectivity index (χ1) is 29.4. The Morgan fingerprint density at radius 3 is 1.77 bits per heavy atom. The first-order valence-corrected chi connectivity index (χ1v) is 23.6. The summed E-state index contributed by atoms with van der Waals surface area (Å²) in [5.41, 5.74) is 1.40. The molecule has 0 spiro atoms. The molecule has 2 aromatic rings. The van der Waals surface area contributed by atoms with Crippen molar-refractivity contribution >= 4 is 48.9 Å². The summed E-state index contributed by atoms with van der Waals surface area (Å²) in [7, 11) is -2.21. The van der Waals surface area contributed by atoms with Gasteiger partial charge in [0.2, 0.25) is 31.0 Å². The van der Waals surface area contributed by atoms with Crippen LogP contribution in [0.4, 0.5) is 4.79 Å². The lowest BCUT2D eigenvalue weighted by atomic mass is 9.96. The standard InChI is InChI=1S/C45H67N6O10P/c1-9-61-62(59,27-33(23-29(2)3)39(52)48-37(24-30(4)5)40(53)46-8)28-47-41(54)38(25-31(6)7)49-42(55)36(50-45(58)60-26-32-17-11-10-12-18-32)21-15-16-22-51-43(56)34-19-13-14-20-35(34)44(51)57/h10-14,17-20,29-31,33,36-38H,9,15-16,21-28H2,1-8H3,(H,46,53)(H,47,54)(H,48,52)(H,49,55)(H,50,58)/t33-,36+,37+,38+,62?/m1/s1. The number of alkyl carbamates (subject to hydrolysis) is 1. The molecule has 0 aliphatic carbocycles. The smallest absolute Gasteiger partial charge is 0.408 e. The summed E-state index contributed by atoms with van der Waals surface area (Å²) in [4.78, 5) is 94.2. The fourth-order valence-electron chi connectivity index (χ4n) is 7.27. The Kier molecular flexibility index (Phi) is 20.8. The highest BCUT2D eigenvalue weighted by Crippen LogP contribution is 2.48. The number of carbonyl (C=O) groups excluding carboxylic acids is 7. The number of hydrogen-bond acceptors (Lipinski definition) is 10. The molecule has 0 saturated carbocycles. The lowest BCUT2D eigenvalue weighted by Gasteiger charge is -2.28. The highest BCUT2D eigenvalue weighted by Gasteiger charge is 2.37. The number of nitrogens with zero attached hydrogens (tertiary/aromatic N) is 1. The Balaban J connectivity index is 1.75. The number of carbonyl (C=O) groups is 7. The van der Waals surface area contributed by atoms with Crippen molar-refractivity contribution in [2.75, 3.05) is 32.6 Å².